The highest BCUT2D eigenvalue weighted by molar-refractivity contribution is 7.17. The van der Waals surface area contributed by atoms with Gasteiger partial charge in [0.2, 0.25) is 5.88 Å². The van der Waals surface area contributed by atoms with Gasteiger partial charge in [0.25, 0.3) is 5.91 Å². The van der Waals surface area contributed by atoms with E-state index in [1.165, 1.54) is 35.4 Å². The topological polar surface area (TPSA) is 55.3 Å². The average molecular weight is 405 g/mol. The molecule has 1 amide bonds. The number of para-hydroxylation sites is 1. The first-order valence-corrected chi connectivity index (χ1v) is 10.1. The van der Waals surface area contributed by atoms with Gasteiger partial charge < -0.3 is 9.64 Å². The third-order valence-electron chi connectivity index (χ3n) is 5.01. The van der Waals surface area contributed by atoms with Crippen LogP contribution in [-0.2, 0) is 11.2 Å². The Hall–Kier alpha value is -3.32. The number of ether oxygens (including phenoxy) is 1. The van der Waals surface area contributed by atoms with Gasteiger partial charge in [-0.2, -0.15) is 0 Å². The molecule has 4 aromatic rings. The lowest BCUT2D eigenvalue weighted by molar-refractivity contribution is -0.120. The van der Waals surface area contributed by atoms with Crippen molar-refractivity contribution in [1.82, 2.24) is 9.97 Å². The summed E-state index contributed by atoms with van der Waals surface area (Å²) in [5, 5.41) is 2.68. The van der Waals surface area contributed by atoms with E-state index in [0.29, 0.717) is 12.4 Å². The summed E-state index contributed by atoms with van der Waals surface area (Å²) in [4.78, 5) is 23.8. The largest absolute Gasteiger partial charge is 0.467 e. The molecule has 1 aliphatic rings. The molecule has 0 saturated carbocycles. The van der Waals surface area contributed by atoms with Gasteiger partial charge in [-0.05, 0) is 35.7 Å². The molecule has 29 heavy (non-hydrogen) atoms. The Morgan fingerprint density at radius 3 is 2.83 bits per heavy atom. The van der Waals surface area contributed by atoms with E-state index in [2.05, 4.69) is 9.97 Å². The van der Waals surface area contributed by atoms with Crippen LogP contribution in [0.15, 0.2) is 60.2 Å². The molecule has 0 N–H and O–H groups in total. The van der Waals surface area contributed by atoms with E-state index in [1.54, 1.807) is 17.0 Å². The molecule has 0 fully saturated rings. The Morgan fingerprint density at radius 2 is 1.97 bits per heavy atom. The van der Waals surface area contributed by atoms with Crippen molar-refractivity contribution in [2.75, 3.05) is 18.1 Å². The van der Waals surface area contributed by atoms with E-state index >= 15 is 0 Å². The number of hydrogen-bond acceptors (Lipinski definition) is 5. The fourth-order valence-corrected chi connectivity index (χ4v) is 4.51. The molecule has 2 aromatic carbocycles. The molecule has 0 radical (unpaired) electrons. The summed E-state index contributed by atoms with van der Waals surface area (Å²) in [5.74, 6) is -0.0471. The third kappa shape index (κ3) is 3.23. The standard InChI is InChI=1S/C22H16FN3O2S/c23-16-7-5-14(6-8-16)17-12-29-22-20(17)21(24-13-25-22)28-11-19(27)26-10-9-15-3-1-2-4-18(15)26/h1-8,12-13H,9-11H2. The highest BCUT2D eigenvalue weighted by atomic mass is 32.1. The van der Waals surface area contributed by atoms with Gasteiger partial charge in [0, 0.05) is 23.2 Å². The number of benzene rings is 2. The van der Waals surface area contributed by atoms with Gasteiger partial charge in [0.1, 0.15) is 17.0 Å². The van der Waals surface area contributed by atoms with Gasteiger partial charge in [0.15, 0.2) is 6.61 Å². The molecule has 5 nitrogen and oxygen atoms in total. The minimum Gasteiger partial charge on any atom is -0.467 e. The van der Waals surface area contributed by atoms with Gasteiger partial charge in [-0.3, -0.25) is 4.79 Å². The van der Waals surface area contributed by atoms with E-state index in [0.717, 1.165) is 33.5 Å². The number of fused-ring (bicyclic) bond motifs is 2. The van der Waals surface area contributed by atoms with Crippen molar-refractivity contribution in [1.29, 1.82) is 0 Å². The lowest BCUT2D eigenvalue weighted by Gasteiger charge is -2.17. The van der Waals surface area contributed by atoms with Crippen LogP contribution in [0.4, 0.5) is 10.1 Å². The van der Waals surface area contributed by atoms with E-state index in [-0.39, 0.29) is 18.3 Å². The molecule has 144 valence electrons. The Labute approximate surface area is 170 Å². The molecule has 5 rings (SSSR count). The number of thiophene rings is 1. The first-order chi connectivity index (χ1) is 14.2. The molecule has 7 heteroatoms. The third-order valence-corrected chi connectivity index (χ3v) is 5.90. The predicted octanol–water partition coefficient (Wildman–Crippen LogP) is 4.47. The van der Waals surface area contributed by atoms with Gasteiger partial charge >= 0.3 is 0 Å². The smallest absolute Gasteiger partial charge is 0.264 e. The molecule has 0 spiro atoms. The second-order valence-corrected chi connectivity index (χ2v) is 7.59. The summed E-state index contributed by atoms with van der Waals surface area (Å²) in [7, 11) is 0. The van der Waals surface area contributed by atoms with E-state index in [4.69, 9.17) is 4.74 Å². The first kappa shape index (κ1) is 17.8. The summed E-state index contributed by atoms with van der Waals surface area (Å²) in [6.07, 6.45) is 2.27. The maximum absolute atomic E-state index is 13.3. The number of carbonyl (C=O) groups excluding carboxylic acids is 1. The molecule has 0 aliphatic carbocycles. The molecule has 0 atom stereocenters. The van der Waals surface area contributed by atoms with Crippen LogP contribution in [0.3, 0.4) is 0 Å². The molecule has 1 aliphatic heterocycles. The van der Waals surface area contributed by atoms with Crippen LogP contribution < -0.4 is 9.64 Å². The zero-order chi connectivity index (χ0) is 19.8. The second-order valence-electron chi connectivity index (χ2n) is 6.73. The number of amides is 1. The molecule has 0 bridgehead atoms. The fourth-order valence-electron chi connectivity index (χ4n) is 3.60. The highest BCUT2D eigenvalue weighted by Gasteiger charge is 2.25. The van der Waals surface area contributed by atoms with Crippen LogP contribution in [0, 0.1) is 5.82 Å². The zero-order valence-electron chi connectivity index (χ0n) is 15.3. The Balaban J connectivity index is 1.42. The number of nitrogens with zero attached hydrogens (tertiary/aromatic N) is 3. The van der Waals surface area contributed by atoms with E-state index < -0.39 is 0 Å². The van der Waals surface area contributed by atoms with Gasteiger partial charge in [-0.1, -0.05) is 30.3 Å². The summed E-state index contributed by atoms with van der Waals surface area (Å²) in [6, 6.07) is 14.1. The van der Waals surface area contributed by atoms with Crippen LogP contribution in [0.5, 0.6) is 5.88 Å². The van der Waals surface area contributed by atoms with Crippen molar-refractivity contribution in [3.05, 3.63) is 71.6 Å². The van der Waals surface area contributed by atoms with Crippen molar-refractivity contribution >= 4 is 33.1 Å². The number of carbonyl (C=O) groups is 1. The lowest BCUT2D eigenvalue weighted by atomic mass is 10.1. The Morgan fingerprint density at radius 1 is 1.14 bits per heavy atom. The van der Waals surface area contributed by atoms with Crippen LogP contribution >= 0.6 is 11.3 Å². The SMILES string of the molecule is O=C(COc1ncnc2scc(-c3ccc(F)cc3)c12)N1CCc2ccccc21. The maximum Gasteiger partial charge on any atom is 0.264 e. The Bertz CT molecular complexity index is 1210. The molecule has 0 saturated heterocycles. The molecular formula is C22H16FN3O2S. The van der Waals surface area contributed by atoms with E-state index in [9.17, 15) is 9.18 Å². The fraction of sp³-hybridized carbons (Fsp3) is 0.136. The summed E-state index contributed by atoms with van der Waals surface area (Å²) < 4.78 is 19.1. The number of hydrogen-bond donors (Lipinski definition) is 0. The predicted molar refractivity (Wildman–Crippen MR) is 111 cm³/mol. The number of aromatic nitrogens is 2. The minimum atomic E-state index is -0.294. The van der Waals surface area contributed by atoms with Gasteiger partial charge in [-0.15, -0.1) is 11.3 Å². The van der Waals surface area contributed by atoms with E-state index in [1.807, 2.05) is 29.6 Å². The van der Waals surface area contributed by atoms with Crippen LogP contribution in [0.1, 0.15) is 5.56 Å². The van der Waals surface area contributed by atoms with Crippen LogP contribution in [0.2, 0.25) is 0 Å². The van der Waals surface area contributed by atoms with Crippen molar-refractivity contribution in [3.8, 4) is 17.0 Å². The summed E-state index contributed by atoms with van der Waals surface area (Å²) in [5.41, 5.74) is 3.81. The highest BCUT2D eigenvalue weighted by Crippen LogP contribution is 2.37. The molecule has 0 unspecified atom stereocenters. The van der Waals surface area contributed by atoms with Crippen molar-refractivity contribution < 1.29 is 13.9 Å². The average Bonchev–Trinajstić information content (AvgIpc) is 3.37. The quantitative estimate of drug-likeness (QED) is 0.503. The first-order valence-electron chi connectivity index (χ1n) is 9.20. The van der Waals surface area contributed by atoms with Crippen LogP contribution in [-0.4, -0.2) is 29.0 Å². The van der Waals surface area contributed by atoms with Crippen molar-refractivity contribution in [3.63, 3.8) is 0 Å². The molecule has 3 heterocycles. The number of halogens is 1. The van der Waals surface area contributed by atoms with Gasteiger partial charge in [0.05, 0.1) is 5.39 Å². The summed E-state index contributed by atoms with van der Waals surface area (Å²) >= 11 is 1.46. The van der Waals surface area contributed by atoms with Crippen LogP contribution in [0.25, 0.3) is 21.3 Å². The lowest BCUT2D eigenvalue weighted by Crippen LogP contribution is -2.33. The molecular weight excluding hydrogens is 389 g/mol. The number of rotatable bonds is 4. The van der Waals surface area contributed by atoms with Crippen molar-refractivity contribution in [2.24, 2.45) is 0 Å². The van der Waals surface area contributed by atoms with Gasteiger partial charge in [-0.25, -0.2) is 14.4 Å². The second kappa shape index (κ2) is 7.25. The Kier molecular flexibility index (Phi) is 4.44. The van der Waals surface area contributed by atoms with Crippen molar-refractivity contribution in [2.45, 2.75) is 6.42 Å². The zero-order valence-corrected chi connectivity index (χ0v) is 16.2. The molecule has 2 aromatic heterocycles. The minimum absolute atomic E-state index is 0.111. The maximum atomic E-state index is 13.3. The summed E-state index contributed by atoms with van der Waals surface area (Å²) in [6.45, 7) is 0.541. The normalized spacial score (nSPS) is 12.9. The monoisotopic (exact) mass is 405 g/mol. The number of anilines is 1.